The second-order valence-electron chi connectivity index (χ2n) is 4.24. The molecule has 0 aliphatic carbocycles. The maximum Gasteiger partial charge on any atom is 0.106 e. The molecule has 0 heterocycles. The lowest BCUT2D eigenvalue weighted by molar-refractivity contribution is -0.0979. The largest absolute Gasteiger partial charge is 0.380 e. The summed E-state index contributed by atoms with van der Waals surface area (Å²) in [4.78, 5) is 8.00. The van der Waals surface area contributed by atoms with Gasteiger partial charge in [-0.2, -0.15) is 0 Å². The smallest absolute Gasteiger partial charge is 0.106 e. The molecule has 1 rings (SSSR count). The number of anilines is 1. The molecule has 0 bridgehead atoms. The Balaban J connectivity index is 0.000000791. The van der Waals surface area contributed by atoms with Crippen molar-refractivity contribution < 1.29 is 4.79 Å². The Labute approximate surface area is 86.3 Å². The van der Waals surface area contributed by atoms with Crippen LogP contribution in [0.4, 0.5) is 5.69 Å². The Morgan fingerprint density at radius 2 is 1.79 bits per heavy atom. The van der Waals surface area contributed by atoms with E-state index in [1.807, 2.05) is 6.79 Å². The van der Waals surface area contributed by atoms with Crippen LogP contribution in [0, 0.1) is 6.92 Å². The number of nitrogens with one attached hydrogen (secondary N) is 1. The van der Waals surface area contributed by atoms with Crippen LogP contribution in [-0.2, 0) is 4.79 Å². The molecule has 78 valence electrons. The van der Waals surface area contributed by atoms with E-state index in [9.17, 15) is 0 Å². The van der Waals surface area contributed by atoms with E-state index in [0.717, 1.165) is 0 Å². The summed E-state index contributed by atoms with van der Waals surface area (Å²) in [6.07, 6.45) is 0. The summed E-state index contributed by atoms with van der Waals surface area (Å²) in [5.41, 5.74) is 2.64. The monoisotopic (exact) mass is 193 g/mol. The minimum absolute atomic E-state index is 0.147. The Morgan fingerprint density at radius 3 is 2.21 bits per heavy atom. The van der Waals surface area contributed by atoms with Crippen molar-refractivity contribution >= 4 is 12.5 Å². The molecule has 1 aromatic carbocycles. The lowest BCUT2D eigenvalue weighted by Gasteiger charge is -2.22. The maximum atomic E-state index is 8.00. The number of carbonyl (C=O) groups excluding carboxylic acids is 1. The molecule has 2 nitrogen and oxygen atoms in total. The third-order valence-corrected chi connectivity index (χ3v) is 1.54. The molecule has 0 amide bonds. The van der Waals surface area contributed by atoms with Gasteiger partial charge >= 0.3 is 0 Å². The lowest BCUT2D eigenvalue weighted by Crippen LogP contribution is -2.25. The van der Waals surface area contributed by atoms with Crippen LogP contribution in [0.2, 0.25) is 0 Å². The Kier molecular flexibility index (Phi) is 4.92. The molecule has 0 spiro atoms. The van der Waals surface area contributed by atoms with Crippen molar-refractivity contribution in [3.05, 3.63) is 29.8 Å². The van der Waals surface area contributed by atoms with Gasteiger partial charge < -0.3 is 10.1 Å². The fraction of sp³-hybridized carbons (Fsp3) is 0.417. The van der Waals surface area contributed by atoms with Gasteiger partial charge in [-0.15, -0.1) is 0 Å². The molecular formula is C12H19NO. The van der Waals surface area contributed by atoms with Crippen molar-refractivity contribution in [2.45, 2.75) is 33.2 Å². The van der Waals surface area contributed by atoms with E-state index >= 15 is 0 Å². The van der Waals surface area contributed by atoms with Crippen molar-refractivity contribution in [3.63, 3.8) is 0 Å². The van der Waals surface area contributed by atoms with Crippen molar-refractivity contribution in [3.8, 4) is 0 Å². The van der Waals surface area contributed by atoms with Crippen molar-refractivity contribution in [2.24, 2.45) is 0 Å². The van der Waals surface area contributed by atoms with Crippen LogP contribution in [0.1, 0.15) is 26.3 Å². The zero-order valence-electron chi connectivity index (χ0n) is 9.42. The maximum absolute atomic E-state index is 8.00. The van der Waals surface area contributed by atoms with Crippen molar-refractivity contribution in [1.82, 2.24) is 0 Å². The van der Waals surface area contributed by atoms with E-state index in [4.69, 9.17) is 4.79 Å². The SMILES string of the molecule is C=O.Cc1cccc(NC(C)(C)C)c1. The minimum atomic E-state index is 0.147. The van der Waals surface area contributed by atoms with E-state index in [1.165, 1.54) is 11.3 Å². The predicted octanol–water partition coefficient (Wildman–Crippen LogP) is 3.02. The molecule has 0 aliphatic rings. The summed E-state index contributed by atoms with van der Waals surface area (Å²) < 4.78 is 0. The van der Waals surface area contributed by atoms with Gasteiger partial charge in [-0.3, -0.25) is 0 Å². The summed E-state index contributed by atoms with van der Waals surface area (Å²) in [6, 6.07) is 8.43. The molecule has 0 aliphatic heterocycles. The van der Waals surface area contributed by atoms with Crippen LogP contribution in [0.5, 0.6) is 0 Å². The Hall–Kier alpha value is -1.31. The summed E-state index contributed by atoms with van der Waals surface area (Å²) in [7, 11) is 0. The molecule has 14 heavy (non-hydrogen) atoms. The highest BCUT2D eigenvalue weighted by Crippen LogP contribution is 2.15. The summed E-state index contributed by atoms with van der Waals surface area (Å²) >= 11 is 0. The first-order chi connectivity index (χ1) is 6.47. The fourth-order valence-corrected chi connectivity index (χ4v) is 1.16. The lowest BCUT2D eigenvalue weighted by atomic mass is 10.1. The molecule has 0 fully saturated rings. The van der Waals surface area contributed by atoms with Gasteiger partial charge in [0.2, 0.25) is 0 Å². The highest BCUT2D eigenvalue weighted by Gasteiger charge is 2.08. The van der Waals surface area contributed by atoms with Crippen LogP contribution < -0.4 is 5.32 Å². The van der Waals surface area contributed by atoms with Gasteiger partial charge in [0.15, 0.2) is 0 Å². The van der Waals surface area contributed by atoms with Crippen LogP contribution in [0.25, 0.3) is 0 Å². The van der Waals surface area contributed by atoms with Gasteiger partial charge in [0, 0.05) is 11.2 Å². The molecule has 0 aromatic heterocycles. The zero-order valence-corrected chi connectivity index (χ0v) is 9.42. The topological polar surface area (TPSA) is 29.1 Å². The van der Waals surface area contributed by atoms with Gasteiger partial charge in [0.1, 0.15) is 6.79 Å². The fourth-order valence-electron chi connectivity index (χ4n) is 1.16. The minimum Gasteiger partial charge on any atom is -0.380 e. The van der Waals surface area contributed by atoms with Crippen LogP contribution in [0.3, 0.4) is 0 Å². The van der Waals surface area contributed by atoms with E-state index < -0.39 is 0 Å². The number of rotatable bonds is 1. The number of carbonyl (C=O) groups is 1. The molecule has 0 atom stereocenters. The van der Waals surface area contributed by atoms with Crippen LogP contribution in [0.15, 0.2) is 24.3 Å². The van der Waals surface area contributed by atoms with Gasteiger partial charge in [-0.05, 0) is 45.4 Å². The normalized spacial score (nSPS) is 10.0. The number of hydrogen-bond acceptors (Lipinski definition) is 2. The quantitative estimate of drug-likeness (QED) is 0.742. The van der Waals surface area contributed by atoms with E-state index in [-0.39, 0.29) is 5.54 Å². The van der Waals surface area contributed by atoms with Crippen molar-refractivity contribution in [1.29, 1.82) is 0 Å². The van der Waals surface area contributed by atoms with E-state index in [1.54, 1.807) is 0 Å². The second-order valence-corrected chi connectivity index (χ2v) is 4.24. The Morgan fingerprint density at radius 1 is 1.21 bits per heavy atom. The molecule has 1 aromatic rings. The first kappa shape index (κ1) is 12.7. The molecule has 1 N–H and O–H groups in total. The highest BCUT2D eigenvalue weighted by molar-refractivity contribution is 5.46. The summed E-state index contributed by atoms with van der Waals surface area (Å²) in [5.74, 6) is 0. The molecule has 0 saturated carbocycles. The van der Waals surface area contributed by atoms with E-state index in [2.05, 4.69) is 57.3 Å². The molecule has 0 unspecified atom stereocenters. The van der Waals surface area contributed by atoms with Gasteiger partial charge in [-0.25, -0.2) is 0 Å². The standard InChI is InChI=1S/C11H17N.CH2O/c1-9-6-5-7-10(8-9)12-11(2,3)4;1-2/h5-8,12H,1-4H3;1H2. The van der Waals surface area contributed by atoms with E-state index in [0.29, 0.717) is 0 Å². The highest BCUT2D eigenvalue weighted by atomic mass is 16.1. The number of benzene rings is 1. The summed E-state index contributed by atoms with van der Waals surface area (Å²) in [6.45, 7) is 10.6. The average Bonchev–Trinajstić information content (AvgIpc) is 2.04. The van der Waals surface area contributed by atoms with Crippen molar-refractivity contribution in [2.75, 3.05) is 5.32 Å². The second kappa shape index (κ2) is 5.43. The third kappa shape index (κ3) is 5.36. The van der Waals surface area contributed by atoms with Crippen LogP contribution in [-0.4, -0.2) is 12.3 Å². The molecular weight excluding hydrogens is 174 g/mol. The number of aryl methyl sites for hydroxylation is 1. The Bertz CT molecular complexity index is 276. The number of hydrogen-bond donors (Lipinski definition) is 1. The first-order valence-electron chi connectivity index (χ1n) is 4.61. The molecule has 2 heteroatoms. The molecule has 0 radical (unpaired) electrons. The molecule has 0 saturated heterocycles. The first-order valence-corrected chi connectivity index (χ1v) is 4.61. The predicted molar refractivity (Wildman–Crippen MR) is 61.7 cm³/mol. The van der Waals surface area contributed by atoms with Gasteiger partial charge in [0.05, 0.1) is 0 Å². The average molecular weight is 193 g/mol. The van der Waals surface area contributed by atoms with Crippen LogP contribution >= 0.6 is 0 Å². The zero-order chi connectivity index (χ0) is 11.2. The van der Waals surface area contributed by atoms with Gasteiger partial charge in [-0.1, -0.05) is 12.1 Å². The third-order valence-electron chi connectivity index (χ3n) is 1.54. The van der Waals surface area contributed by atoms with Gasteiger partial charge in [0.25, 0.3) is 0 Å². The summed E-state index contributed by atoms with van der Waals surface area (Å²) in [5, 5.41) is 3.42.